The Kier molecular flexibility index (Phi) is 5.57. The van der Waals surface area contributed by atoms with Crippen LogP contribution in [0.2, 0.25) is 0 Å². The third-order valence-electron chi connectivity index (χ3n) is 1.34. The molecule has 0 unspecified atom stereocenters. The molecule has 8 heteroatoms. The molecule has 0 bridgehead atoms. The molecule has 0 saturated carbocycles. The smallest absolute Gasteiger partial charge is 0.264 e. The van der Waals surface area contributed by atoms with Crippen molar-refractivity contribution in [2.75, 3.05) is 18.6 Å². The van der Waals surface area contributed by atoms with Gasteiger partial charge in [-0.1, -0.05) is 6.42 Å². The maximum atomic E-state index is 10.5. The first-order chi connectivity index (χ1) is 6.21. The summed E-state index contributed by atoms with van der Waals surface area (Å²) in [6, 6.07) is 0. The molecule has 0 saturated heterocycles. The number of hydrogen-bond acceptors (Lipinski definition) is 5. The highest BCUT2D eigenvalue weighted by molar-refractivity contribution is 7.86. The van der Waals surface area contributed by atoms with E-state index in [9.17, 15) is 16.8 Å². The van der Waals surface area contributed by atoms with Crippen LogP contribution in [0, 0.1) is 0 Å². The van der Waals surface area contributed by atoms with Gasteiger partial charge in [0, 0.05) is 0 Å². The van der Waals surface area contributed by atoms with E-state index in [1.807, 2.05) is 0 Å². The van der Waals surface area contributed by atoms with Crippen LogP contribution in [-0.4, -0.2) is 40.0 Å². The first kappa shape index (κ1) is 13.8. The van der Waals surface area contributed by atoms with Crippen molar-refractivity contribution in [3.05, 3.63) is 0 Å². The number of hydrogen-bond donors (Lipinski definition) is 1. The zero-order valence-electron chi connectivity index (χ0n) is 7.84. The minimum atomic E-state index is -3.90. The Morgan fingerprint density at radius 1 is 1.07 bits per heavy atom. The van der Waals surface area contributed by atoms with Crippen LogP contribution in [-0.2, 0) is 24.4 Å². The highest BCUT2D eigenvalue weighted by Gasteiger charge is 2.04. The summed E-state index contributed by atoms with van der Waals surface area (Å²) in [5, 5.41) is 0. The zero-order valence-corrected chi connectivity index (χ0v) is 9.47. The lowest BCUT2D eigenvalue weighted by atomic mass is 10.3. The minimum Gasteiger partial charge on any atom is -0.286 e. The van der Waals surface area contributed by atoms with Crippen molar-refractivity contribution in [3.8, 4) is 0 Å². The summed E-state index contributed by atoms with van der Waals surface area (Å²) in [6.07, 6.45) is 2.19. The van der Waals surface area contributed by atoms with Gasteiger partial charge in [0.2, 0.25) is 0 Å². The third-order valence-corrected chi connectivity index (χ3v) is 2.74. The predicted molar refractivity (Wildman–Crippen MR) is 51.1 cm³/mol. The maximum Gasteiger partial charge on any atom is 0.264 e. The molecule has 86 valence electrons. The molecular formula is C6H14O6S2. The molecular weight excluding hydrogens is 232 g/mol. The van der Waals surface area contributed by atoms with Gasteiger partial charge in [0.1, 0.15) is 0 Å². The van der Waals surface area contributed by atoms with Crippen molar-refractivity contribution in [2.24, 2.45) is 0 Å². The van der Waals surface area contributed by atoms with E-state index < -0.39 is 20.2 Å². The Morgan fingerprint density at radius 2 is 1.64 bits per heavy atom. The van der Waals surface area contributed by atoms with Crippen molar-refractivity contribution >= 4 is 20.2 Å². The van der Waals surface area contributed by atoms with E-state index in [-0.39, 0.29) is 12.4 Å². The van der Waals surface area contributed by atoms with Gasteiger partial charge in [-0.05, 0) is 12.8 Å². The molecule has 0 aromatic heterocycles. The van der Waals surface area contributed by atoms with Crippen molar-refractivity contribution < 1.29 is 25.6 Å². The summed E-state index contributed by atoms with van der Waals surface area (Å²) < 4.78 is 54.2. The molecule has 0 atom stereocenters. The van der Waals surface area contributed by atoms with E-state index in [2.05, 4.69) is 4.18 Å². The molecule has 0 aliphatic heterocycles. The largest absolute Gasteiger partial charge is 0.286 e. The molecule has 0 amide bonds. The Labute approximate surface area is 84.1 Å². The van der Waals surface area contributed by atoms with Gasteiger partial charge in [-0.25, -0.2) is 0 Å². The molecule has 0 spiro atoms. The molecule has 14 heavy (non-hydrogen) atoms. The van der Waals surface area contributed by atoms with Crippen LogP contribution in [0.4, 0.5) is 0 Å². The lowest BCUT2D eigenvalue weighted by Crippen LogP contribution is -2.06. The monoisotopic (exact) mass is 246 g/mol. The van der Waals surface area contributed by atoms with E-state index in [0.717, 1.165) is 6.26 Å². The summed E-state index contributed by atoms with van der Waals surface area (Å²) in [4.78, 5) is 0. The number of unbranched alkanes of at least 4 members (excludes halogenated alkanes) is 2. The summed E-state index contributed by atoms with van der Waals surface area (Å²) in [5.41, 5.74) is 0. The van der Waals surface area contributed by atoms with Crippen LogP contribution in [0.25, 0.3) is 0 Å². The van der Waals surface area contributed by atoms with Crippen LogP contribution < -0.4 is 0 Å². The lowest BCUT2D eigenvalue weighted by molar-refractivity contribution is 0.311. The fourth-order valence-corrected chi connectivity index (χ4v) is 1.76. The molecule has 0 heterocycles. The van der Waals surface area contributed by atoms with Gasteiger partial charge in [-0.2, -0.15) is 16.8 Å². The standard InChI is InChI=1S/C6H14O6S2/c1-13(7,8)12-5-3-2-4-6-14(9,10)11/h2-6H2,1H3,(H,9,10,11). The van der Waals surface area contributed by atoms with E-state index in [1.165, 1.54) is 0 Å². The van der Waals surface area contributed by atoms with Gasteiger partial charge >= 0.3 is 0 Å². The van der Waals surface area contributed by atoms with Crippen LogP contribution >= 0.6 is 0 Å². The molecule has 0 fully saturated rings. The predicted octanol–water partition coefficient (Wildman–Crippen LogP) is 0.0207. The normalized spacial score (nSPS) is 13.0. The van der Waals surface area contributed by atoms with Crippen molar-refractivity contribution in [3.63, 3.8) is 0 Å². The van der Waals surface area contributed by atoms with E-state index in [1.54, 1.807) is 0 Å². The second kappa shape index (κ2) is 5.64. The zero-order chi connectivity index (χ0) is 11.2. The average Bonchev–Trinajstić information content (AvgIpc) is 1.92. The SMILES string of the molecule is CS(=O)(=O)OCCCCCS(=O)(=O)O. The van der Waals surface area contributed by atoms with Crippen molar-refractivity contribution in [2.45, 2.75) is 19.3 Å². The van der Waals surface area contributed by atoms with Crippen LogP contribution in [0.15, 0.2) is 0 Å². The third kappa shape index (κ3) is 11.8. The topological polar surface area (TPSA) is 97.7 Å². The fraction of sp³-hybridized carbons (Fsp3) is 1.00. The second-order valence-electron chi connectivity index (χ2n) is 2.87. The van der Waals surface area contributed by atoms with Gasteiger partial charge in [0.25, 0.3) is 20.2 Å². The van der Waals surface area contributed by atoms with E-state index in [4.69, 9.17) is 4.55 Å². The Hall–Kier alpha value is -0.180. The molecule has 0 aromatic carbocycles. The molecule has 6 nitrogen and oxygen atoms in total. The lowest BCUT2D eigenvalue weighted by Gasteiger charge is -2.00. The van der Waals surface area contributed by atoms with Gasteiger partial charge in [0.05, 0.1) is 18.6 Å². The van der Waals surface area contributed by atoms with Crippen molar-refractivity contribution in [1.29, 1.82) is 0 Å². The summed E-state index contributed by atoms with van der Waals surface area (Å²) in [5.74, 6) is -0.300. The van der Waals surface area contributed by atoms with Crippen LogP contribution in [0.5, 0.6) is 0 Å². The summed E-state index contributed by atoms with van der Waals surface area (Å²) in [7, 11) is -7.31. The van der Waals surface area contributed by atoms with Crippen molar-refractivity contribution in [1.82, 2.24) is 0 Å². The summed E-state index contributed by atoms with van der Waals surface area (Å²) in [6.45, 7) is 0.0459. The Morgan fingerprint density at radius 3 is 2.07 bits per heavy atom. The van der Waals surface area contributed by atoms with E-state index >= 15 is 0 Å². The van der Waals surface area contributed by atoms with Crippen LogP contribution in [0.1, 0.15) is 19.3 Å². The maximum absolute atomic E-state index is 10.5. The fourth-order valence-electron chi connectivity index (χ4n) is 0.774. The van der Waals surface area contributed by atoms with Gasteiger partial charge in [0.15, 0.2) is 0 Å². The molecule has 0 radical (unpaired) electrons. The van der Waals surface area contributed by atoms with Gasteiger partial charge in [-0.15, -0.1) is 0 Å². The molecule has 0 aliphatic rings. The average molecular weight is 246 g/mol. The molecule has 0 aromatic rings. The Bertz CT molecular complexity index is 305. The first-order valence-electron chi connectivity index (χ1n) is 4.00. The molecule has 0 rings (SSSR count). The highest BCUT2D eigenvalue weighted by Crippen LogP contribution is 2.00. The number of rotatable bonds is 7. The Balaban J connectivity index is 3.41. The van der Waals surface area contributed by atoms with Gasteiger partial charge < -0.3 is 0 Å². The van der Waals surface area contributed by atoms with Crippen LogP contribution in [0.3, 0.4) is 0 Å². The van der Waals surface area contributed by atoms with Gasteiger partial charge in [-0.3, -0.25) is 8.74 Å². The first-order valence-corrected chi connectivity index (χ1v) is 7.43. The second-order valence-corrected chi connectivity index (χ2v) is 6.09. The summed E-state index contributed by atoms with van der Waals surface area (Å²) >= 11 is 0. The minimum absolute atomic E-state index is 0.0459. The molecule has 0 aliphatic carbocycles. The van der Waals surface area contributed by atoms with E-state index in [0.29, 0.717) is 19.3 Å². The highest BCUT2D eigenvalue weighted by atomic mass is 32.2. The quantitative estimate of drug-likeness (QED) is 0.386. The molecule has 1 N–H and O–H groups in total.